The molecule has 7 heteroatoms. The van der Waals surface area contributed by atoms with E-state index in [4.69, 9.17) is 0 Å². The molecule has 0 saturated heterocycles. The number of rotatable bonds is 6. The van der Waals surface area contributed by atoms with E-state index in [1.54, 1.807) is 42.5 Å². The maximum absolute atomic E-state index is 13.8. The van der Waals surface area contributed by atoms with Crippen molar-refractivity contribution in [1.29, 1.82) is 0 Å². The summed E-state index contributed by atoms with van der Waals surface area (Å²) in [7, 11) is 0. The van der Waals surface area contributed by atoms with Gasteiger partial charge in [-0.2, -0.15) is 0 Å². The van der Waals surface area contributed by atoms with Crippen LogP contribution in [0, 0.1) is 5.82 Å². The minimum Gasteiger partial charge on any atom is -0.326 e. The van der Waals surface area contributed by atoms with Crippen molar-refractivity contribution in [2.24, 2.45) is 0 Å². The molecule has 1 aromatic heterocycles. The summed E-state index contributed by atoms with van der Waals surface area (Å²) >= 11 is 1.36. The molecule has 2 amide bonds. The number of carbonyl (C=O) groups excluding carboxylic acids is 2. The van der Waals surface area contributed by atoms with Gasteiger partial charge in [-0.3, -0.25) is 9.59 Å². The van der Waals surface area contributed by atoms with Gasteiger partial charge in [0, 0.05) is 35.7 Å². The van der Waals surface area contributed by atoms with Crippen LogP contribution >= 0.6 is 11.3 Å². The fourth-order valence-electron chi connectivity index (χ4n) is 2.49. The van der Waals surface area contributed by atoms with Crippen molar-refractivity contribution < 1.29 is 14.0 Å². The van der Waals surface area contributed by atoms with Crippen LogP contribution in [0.5, 0.6) is 0 Å². The molecule has 0 radical (unpaired) electrons. The molecule has 3 aromatic rings. The van der Waals surface area contributed by atoms with Gasteiger partial charge in [-0.25, -0.2) is 9.37 Å². The Kier molecular flexibility index (Phi) is 5.93. The summed E-state index contributed by atoms with van der Waals surface area (Å²) in [6.45, 7) is 1.44. The zero-order valence-corrected chi connectivity index (χ0v) is 15.5. The van der Waals surface area contributed by atoms with Gasteiger partial charge in [0.2, 0.25) is 11.8 Å². The monoisotopic (exact) mass is 383 g/mol. The van der Waals surface area contributed by atoms with Gasteiger partial charge in [0.05, 0.1) is 5.69 Å². The second kappa shape index (κ2) is 8.55. The number of nitrogens with one attached hydrogen (secondary N) is 2. The van der Waals surface area contributed by atoms with Crippen molar-refractivity contribution >= 4 is 34.5 Å². The Balaban J connectivity index is 1.54. The lowest BCUT2D eigenvalue weighted by Gasteiger charge is -2.06. The summed E-state index contributed by atoms with van der Waals surface area (Å²) in [5.74, 6) is -0.591. The quantitative estimate of drug-likeness (QED) is 0.659. The first-order valence-corrected chi connectivity index (χ1v) is 9.26. The fraction of sp³-hybridized carbons (Fsp3) is 0.150. The highest BCUT2D eigenvalue weighted by molar-refractivity contribution is 7.13. The Labute approximate surface area is 160 Å². The molecule has 1 heterocycles. The Morgan fingerprint density at radius 3 is 2.37 bits per heavy atom. The minimum atomic E-state index is -0.307. The predicted octanol–water partition coefficient (Wildman–Crippen LogP) is 4.48. The predicted molar refractivity (Wildman–Crippen MR) is 105 cm³/mol. The number of halogens is 1. The molecule has 0 aliphatic carbocycles. The zero-order chi connectivity index (χ0) is 19.2. The minimum absolute atomic E-state index is 0.136. The van der Waals surface area contributed by atoms with Gasteiger partial charge in [0.15, 0.2) is 0 Å². The van der Waals surface area contributed by atoms with Crippen molar-refractivity contribution in [2.45, 2.75) is 19.8 Å². The van der Waals surface area contributed by atoms with E-state index in [-0.39, 0.29) is 24.1 Å². The lowest BCUT2D eigenvalue weighted by Crippen LogP contribution is -2.12. The molecule has 0 atom stereocenters. The van der Waals surface area contributed by atoms with Crippen molar-refractivity contribution in [3.8, 4) is 10.6 Å². The standard InChI is InChI=1S/C20H18FN3O2S/c1-13(25)22-14-6-8-15(9-7-14)23-19(26)11-10-16-12-27-20(24-16)17-4-2-3-5-18(17)21/h2-9,12H,10-11H2,1H3,(H,22,25)(H,23,26). The van der Waals surface area contributed by atoms with E-state index in [0.29, 0.717) is 28.4 Å². The SMILES string of the molecule is CC(=O)Nc1ccc(NC(=O)CCc2csc(-c3ccccc3F)n2)cc1. The third kappa shape index (κ3) is 5.21. The molecule has 138 valence electrons. The maximum Gasteiger partial charge on any atom is 0.224 e. The van der Waals surface area contributed by atoms with Crippen LogP contribution < -0.4 is 10.6 Å². The molecule has 0 fully saturated rings. The number of nitrogens with zero attached hydrogens (tertiary/aromatic N) is 1. The van der Waals surface area contributed by atoms with Crippen LogP contribution in [0.3, 0.4) is 0 Å². The molecule has 0 spiro atoms. The van der Waals surface area contributed by atoms with Crippen LogP contribution in [0.4, 0.5) is 15.8 Å². The molecule has 0 saturated carbocycles. The van der Waals surface area contributed by atoms with E-state index in [1.807, 2.05) is 5.38 Å². The third-order valence-electron chi connectivity index (χ3n) is 3.75. The average molecular weight is 383 g/mol. The number of amides is 2. The van der Waals surface area contributed by atoms with Gasteiger partial charge in [-0.05, 0) is 42.8 Å². The first kappa shape index (κ1) is 18.7. The van der Waals surface area contributed by atoms with Crippen molar-refractivity contribution in [1.82, 2.24) is 4.98 Å². The van der Waals surface area contributed by atoms with E-state index >= 15 is 0 Å². The summed E-state index contributed by atoms with van der Waals surface area (Å²) in [6.07, 6.45) is 0.745. The first-order chi connectivity index (χ1) is 13.0. The fourth-order valence-corrected chi connectivity index (χ4v) is 3.37. The van der Waals surface area contributed by atoms with Crippen LogP contribution in [0.2, 0.25) is 0 Å². The highest BCUT2D eigenvalue weighted by Crippen LogP contribution is 2.26. The van der Waals surface area contributed by atoms with Gasteiger partial charge >= 0.3 is 0 Å². The molecule has 27 heavy (non-hydrogen) atoms. The number of anilines is 2. The summed E-state index contributed by atoms with van der Waals surface area (Å²) in [5, 5.41) is 7.92. The van der Waals surface area contributed by atoms with Crippen molar-refractivity contribution in [3.05, 3.63) is 65.4 Å². The number of benzene rings is 2. The van der Waals surface area contributed by atoms with Crippen LogP contribution in [-0.2, 0) is 16.0 Å². The van der Waals surface area contributed by atoms with Crippen molar-refractivity contribution in [2.75, 3.05) is 10.6 Å². The second-order valence-electron chi connectivity index (χ2n) is 5.93. The highest BCUT2D eigenvalue weighted by Gasteiger charge is 2.10. The summed E-state index contributed by atoms with van der Waals surface area (Å²) in [6, 6.07) is 13.4. The first-order valence-electron chi connectivity index (χ1n) is 8.38. The molecule has 0 bridgehead atoms. The van der Waals surface area contributed by atoms with Crippen molar-refractivity contribution in [3.63, 3.8) is 0 Å². The number of hydrogen-bond acceptors (Lipinski definition) is 4. The molecular weight excluding hydrogens is 365 g/mol. The number of hydrogen-bond donors (Lipinski definition) is 2. The molecule has 0 unspecified atom stereocenters. The Bertz CT molecular complexity index is 954. The summed E-state index contributed by atoms with van der Waals surface area (Å²) < 4.78 is 13.8. The Hall–Kier alpha value is -3.06. The number of aromatic nitrogens is 1. The topological polar surface area (TPSA) is 71.1 Å². The normalized spacial score (nSPS) is 10.4. The van der Waals surface area contributed by atoms with Crippen LogP contribution in [0.25, 0.3) is 10.6 Å². The smallest absolute Gasteiger partial charge is 0.224 e. The van der Waals surface area contributed by atoms with Crippen LogP contribution in [0.15, 0.2) is 53.9 Å². The third-order valence-corrected chi connectivity index (χ3v) is 4.68. The zero-order valence-electron chi connectivity index (χ0n) is 14.7. The second-order valence-corrected chi connectivity index (χ2v) is 6.79. The average Bonchev–Trinajstić information content (AvgIpc) is 3.10. The maximum atomic E-state index is 13.8. The van der Waals surface area contributed by atoms with Gasteiger partial charge in [-0.1, -0.05) is 12.1 Å². The molecule has 2 N–H and O–H groups in total. The lowest BCUT2D eigenvalue weighted by atomic mass is 10.2. The highest BCUT2D eigenvalue weighted by atomic mass is 32.1. The van der Waals surface area contributed by atoms with E-state index in [1.165, 1.54) is 24.3 Å². The van der Waals surface area contributed by atoms with E-state index in [9.17, 15) is 14.0 Å². The van der Waals surface area contributed by atoms with Gasteiger partial charge in [-0.15, -0.1) is 11.3 Å². The van der Waals surface area contributed by atoms with E-state index < -0.39 is 0 Å². The Morgan fingerprint density at radius 1 is 1.04 bits per heavy atom. The van der Waals surface area contributed by atoms with Gasteiger partial charge < -0.3 is 10.6 Å². The molecule has 2 aromatic carbocycles. The van der Waals surface area contributed by atoms with E-state index in [2.05, 4.69) is 15.6 Å². The largest absolute Gasteiger partial charge is 0.326 e. The van der Waals surface area contributed by atoms with Gasteiger partial charge in [0.1, 0.15) is 10.8 Å². The van der Waals surface area contributed by atoms with E-state index in [0.717, 1.165) is 5.69 Å². The summed E-state index contributed by atoms with van der Waals surface area (Å²) in [4.78, 5) is 27.5. The molecule has 3 rings (SSSR count). The molecular formula is C20H18FN3O2S. The van der Waals surface area contributed by atoms with Crippen LogP contribution in [0.1, 0.15) is 19.0 Å². The molecule has 0 aliphatic rings. The Morgan fingerprint density at radius 2 is 1.70 bits per heavy atom. The number of thiazole rings is 1. The lowest BCUT2D eigenvalue weighted by molar-refractivity contribution is -0.116. The molecule has 0 aliphatic heterocycles. The number of carbonyl (C=O) groups is 2. The van der Waals surface area contributed by atoms with Crippen LogP contribution in [-0.4, -0.2) is 16.8 Å². The molecule has 5 nitrogen and oxygen atoms in total. The van der Waals surface area contributed by atoms with Gasteiger partial charge in [0.25, 0.3) is 0 Å². The summed E-state index contributed by atoms with van der Waals surface area (Å²) in [5.41, 5.74) is 2.55. The number of aryl methyl sites for hydroxylation is 1.